The van der Waals surface area contributed by atoms with Gasteiger partial charge in [-0.15, -0.1) is 0 Å². The van der Waals surface area contributed by atoms with Gasteiger partial charge >= 0.3 is 0 Å². The van der Waals surface area contributed by atoms with E-state index in [1.54, 1.807) is 6.07 Å². The highest BCUT2D eigenvalue weighted by Crippen LogP contribution is 2.35. The van der Waals surface area contributed by atoms with Crippen molar-refractivity contribution in [2.24, 2.45) is 11.7 Å². The molecule has 2 aromatic rings. The number of fused-ring (bicyclic) bond motifs is 1. The van der Waals surface area contributed by atoms with E-state index in [1.807, 2.05) is 19.9 Å². The van der Waals surface area contributed by atoms with Crippen LogP contribution in [-0.4, -0.2) is 0 Å². The standard InChI is InChI=1S/C19H22FN/c1-12-9-13(2)18(17(20)10-12)19(21)16-8-7-14-5-3-4-6-15(14)11-16/h3-6,9-10,16,19H,7-8,11,21H2,1-2H3. The summed E-state index contributed by atoms with van der Waals surface area (Å²) in [5, 5.41) is 0. The van der Waals surface area contributed by atoms with Crippen LogP contribution in [0.1, 0.15) is 40.3 Å². The van der Waals surface area contributed by atoms with Crippen LogP contribution in [0.15, 0.2) is 36.4 Å². The number of hydrogen-bond donors (Lipinski definition) is 1. The van der Waals surface area contributed by atoms with Gasteiger partial charge in [0, 0.05) is 11.6 Å². The average Bonchev–Trinajstić information content (AvgIpc) is 2.45. The monoisotopic (exact) mass is 283 g/mol. The molecule has 2 atom stereocenters. The SMILES string of the molecule is Cc1cc(C)c(C(N)C2CCc3ccccc3C2)c(F)c1. The van der Waals surface area contributed by atoms with Gasteiger partial charge in [0.1, 0.15) is 5.82 Å². The van der Waals surface area contributed by atoms with Crippen LogP contribution in [0, 0.1) is 25.6 Å². The molecule has 0 radical (unpaired) electrons. The average molecular weight is 283 g/mol. The first-order valence-electron chi connectivity index (χ1n) is 7.65. The molecule has 3 rings (SSSR count). The summed E-state index contributed by atoms with van der Waals surface area (Å²) in [6, 6.07) is 11.9. The van der Waals surface area contributed by atoms with Crippen molar-refractivity contribution < 1.29 is 4.39 Å². The molecule has 0 aromatic heterocycles. The van der Waals surface area contributed by atoms with Gasteiger partial charge in [-0.1, -0.05) is 30.3 Å². The van der Waals surface area contributed by atoms with E-state index in [0.717, 1.165) is 30.4 Å². The molecule has 1 aliphatic carbocycles. The Hall–Kier alpha value is -1.67. The Morgan fingerprint density at radius 2 is 1.86 bits per heavy atom. The molecule has 0 bridgehead atoms. The third-order valence-corrected chi connectivity index (χ3v) is 4.71. The minimum Gasteiger partial charge on any atom is -0.324 e. The number of aryl methyl sites for hydroxylation is 3. The van der Waals surface area contributed by atoms with Crippen molar-refractivity contribution in [2.75, 3.05) is 0 Å². The van der Waals surface area contributed by atoms with Gasteiger partial charge in [-0.25, -0.2) is 4.39 Å². The van der Waals surface area contributed by atoms with E-state index >= 15 is 0 Å². The zero-order valence-electron chi connectivity index (χ0n) is 12.7. The molecular formula is C19H22FN. The van der Waals surface area contributed by atoms with E-state index in [1.165, 1.54) is 11.1 Å². The molecule has 0 saturated carbocycles. The summed E-state index contributed by atoms with van der Waals surface area (Å²) in [4.78, 5) is 0. The molecule has 0 aliphatic heterocycles. The molecule has 0 saturated heterocycles. The second-order valence-corrected chi connectivity index (χ2v) is 6.27. The molecule has 110 valence electrons. The van der Waals surface area contributed by atoms with Crippen molar-refractivity contribution >= 4 is 0 Å². The first kappa shape index (κ1) is 14.3. The highest BCUT2D eigenvalue weighted by atomic mass is 19.1. The van der Waals surface area contributed by atoms with Crippen LogP contribution in [0.5, 0.6) is 0 Å². The van der Waals surface area contributed by atoms with Crippen molar-refractivity contribution in [1.82, 2.24) is 0 Å². The molecule has 1 aliphatic rings. The van der Waals surface area contributed by atoms with Crippen molar-refractivity contribution in [3.63, 3.8) is 0 Å². The van der Waals surface area contributed by atoms with Gasteiger partial charge in [0.05, 0.1) is 0 Å². The minimum absolute atomic E-state index is 0.154. The summed E-state index contributed by atoms with van der Waals surface area (Å²) >= 11 is 0. The predicted molar refractivity (Wildman–Crippen MR) is 84.8 cm³/mol. The Balaban J connectivity index is 1.89. The van der Waals surface area contributed by atoms with Crippen LogP contribution in [0.4, 0.5) is 4.39 Å². The van der Waals surface area contributed by atoms with Crippen LogP contribution in [0.3, 0.4) is 0 Å². The summed E-state index contributed by atoms with van der Waals surface area (Å²) in [5.74, 6) is 0.162. The van der Waals surface area contributed by atoms with Gasteiger partial charge in [-0.2, -0.15) is 0 Å². The van der Waals surface area contributed by atoms with Crippen molar-refractivity contribution in [3.8, 4) is 0 Å². The summed E-state index contributed by atoms with van der Waals surface area (Å²) in [5.41, 5.74) is 11.9. The third-order valence-electron chi connectivity index (χ3n) is 4.71. The van der Waals surface area contributed by atoms with Crippen molar-refractivity contribution in [1.29, 1.82) is 0 Å². The van der Waals surface area contributed by atoms with Gasteiger partial charge in [-0.3, -0.25) is 0 Å². The molecule has 2 heteroatoms. The number of rotatable bonds is 2. The maximum Gasteiger partial charge on any atom is 0.128 e. The minimum atomic E-state index is -0.223. The predicted octanol–water partition coefficient (Wildman–Crippen LogP) is 4.25. The van der Waals surface area contributed by atoms with Crippen LogP contribution in [0.2, 0.25) is 0 Å². The van der Waals surface area contributed by atoms with Crippen LogP contribution in [0.25, 0.3) is 0 Å². The Bertz CT molecular complexity index is 639. The lowest BCUT2D eigenvalue weighted by Crippen LogP contribution is -2.28. The van der Waals surface area contributed by atoms with Crippen LogP contribution in [-0.2, 0) is 12.8 Å². The highest BCUT2D eigenvalue weighted by molar-refractivity contribution is 5.36. The summed E-state index contributed by atoms with van der Waals surface area (Å²) in [7, 11) is 0. The Labute approximate surface area is 126 Å². The van der Waals surface area contributed by atoms with Crippen molar-refractivity contribution in [3.05, 3.63) is 70.0 Å². The lowest BCUT2D eigenvalue weighted by molar-refractivity contribution is 0.372. The zero-order chi connectivity index (χ0) is 15.0. The summed E-state index contributed by atoms with van der Waals surface area (Å²) in [6.07, 6.45) is 3.02. The van der Waals surface area contributed by atoms with Gasteiger partial charge in [0.15, 0.2) is 0 Å². The van der Waals surface area contributed by atoms with E-state index in [9.17, 15) is 4.39 Å². The van der Waals surface area contributed by atoms with E-state index in [-0.39, 0.29) is 11.9 Å². The first-order valence-corrected chi connectivity index (χ1v) is 7.65. The number of hydrogen-bond acceptors (Lipinski definition) is 1. The molecule has 1 nitrogen and oxygen atoms in total. The number of benzene rings is 2. The quantitative estimate of drug-likeness (QED) is 0.876. The molecule has 0 heterocycles. The van der Waals surface area contributed by atoms with E-state index in [2.05, 4.69) is 24.3 Å². The second kappa shape index (κ2) is 5.61. The van der Waals surface area contributed by atoms with Gasteiger partial charge < -0.3 is 5.73 Å². The smallest absolute Gasteiger partial charge is 0.128 e. The zero-order valence-corrected chi connectivity index (χ0v) is 12.7. The molecule has 2 N–H and O–H groups in total. The fraction of sp³-hybridized carbons (Fsp3) is 0.368. The topological polar surface area (TPSA) is 26.0 Å². The fourth-order valence-corrected chi connectivity index (χ4v) is 3.62. The van der Waals surface area contributed by atoms with Crippen molar-refractivity contribution in [2.45, 2.75) is 39.2 Å². The fourth-order valence-electron chi connectivity index (χ4n) is 3.62. The van der Waals surface area contributed by atoms with Crippen LogP contribution >= 0.6 is 0 Å². The molecule has 21 heavy (non-hydrogen) atoms. The maximum atomic E-state index is 14.3. The molecular weight excluding hydrogens is 261 g/mol. The first-order chi connectivity index (χ1) is 10.1. The third kappa shape index (κ3) is 2.73. The Morgan fingerprint density at radius 1 is 1.14 bits per heavy atom. The number of nitrogens with two attached hydrogens (primary N) is 1. The normalized spacial score (nSPS) is 19.1. The van der Waals surface area contributed by atoms with E-state index < -0.39 is 0 Å². The Morgan fingerprint density at radius 3 is 2.57 bits per heavy atom. The molecule has 0 fully saturated rings. The van der Waals surface area contributed by atoms with Crippen LogP contribution < -0.4 is 5.73 Å². The summed E-state index contributed by atoms with van der Waals surface area (Å²) in [6.45, 7) is 3.88. The molecule has 0 spiro atoms. The maximum absolute atomic E-state index is 14.3. The molecule has 0 amide bonds. The highest BCUT2D eigenvalue weighted by Gasteiger charge is 2.27. The largest absolute Gasteiger partial charge is 0.324 e. The second-order valence-electron chi connectivity index (χ2n) is 6.27. The number of halogens is 1. The lowest BCUT2D eigenvalue weighted by Gasteiger charge is -2.30. The van der Waals surface area contributed by atoms with Gasteiger partial charge in [0.25, 0.3) is 0 Å². The van der Waals surface area contributed by atoms with E-state index in [4.69, 9.17) is 5.73 Å². The Kier molecular flexibility index (Phi) is 3.81. The van der Waals surface area contributed by atoms with Gasteiger partial charge in [-0.05, 0) is 67.3 Å². The molecule has 2 aromatic carbocycles. The van der Waals surface area contributed by atoms with Gasteiger partial charge in [0.2, 0.25) is 0 Å². The van der Waals surface area contributed by atoms with E-state index in [0.29, 0.717) is 11.5 Å². The lowest BCUT2D eigenvalue weighted by atomic mass is 9.77. The summed E-state index contributed by atoms with van der Waals surface area (Å²) < 4.78 is 14.3. The molecule has 2 unspecified atom stereocenters.